The maximum atomic E-state index is 13.3. The number of carbonyl (C=O) groups is 2. The smallest absolute Gasteiger partial charge is 0.246 e. The summed E-state index contributed by atoms with van der Waals surface area (Å²) in [7, 11) is 0. The summed E-state index contributed by atoms with van der Waals surface area (Å²) < 4.78 is 13.3. The van der Waals surface area contributed by atoms with E-state index in [-0.39, 0.29) is 24.8 Å². The number of hydrogen-bond acceptors (Lipinski definition) is 3. The van der Waals surface area contributed by atoms with Crippen molar-refractivity contribution < 1.29 is 19.1 Å². The molecule has 6 heteroatoms. The molecule has 1 unspecified atom stereocenters. The lowest BCUT2D eigenvalue weighted by Crippen LogP contribution is -2.37. The SMILES string of the molecule is O=C1CCC(C(=O)Nc2ccc(F)cc2C#CCCO)N1. The van der Waals surface area contributed by atoms with Gasteiger partial charge in [0.25, 0.3) is 0 Å². The van der Waals surface area contributed by atoms with Gasteiger partial charge in [-0.3, -0.25) is 9.59 Å². The Balaban J connectivity index is 2.14. The zero-order valence-electron chi connectivity index (χ0n) is 11.3. The van der Waals surface area contributed by atoms with Crippen LogP contribution in [0.15, 0.2) is 18.2 Å². The van der Waals surface area contributed by atoms with Crippen LogP contribution >= 0.6 is 0 Å². The molecule has 0 spiro atoms. The van der Waals surface area contributed by atoms with Gasteiger partial charge < -0.3 is 15.7 Å². The summed E-state index contributed by atoms with van der Waals surface area (Å²) in [5.74, 6) is 4.42. The molecule has 110 valence electrons. The van der Waals surface area contributed by atoms with Gasteiger partial charge in [-0.15, -0.1) is 0 Å². The van der Waals surface area contributed by atoms with Crippen LogP contribution in [0.5, 0.6) is 0 Å². The van der Waals surface area contributed by atoms with E-state index < -0.39 is 11.9 Å². The van der Waals surface area contributed by atoms with Crippen molar-refractivity contribution in [2.75, 3.05) is 11.9 Å². The predicted octanol–water partition coefficient (Wildman–Crippen LogP) is 0.777. The minimum Gasteiger partial charge on any atom is -0.395 e. The van der Waals surface area contributed by atoms with Crippen molar-refractivity contribution >= 4 is 17.5 Å². The zero-order chi connectivity index (χ0) is 15.2. The summed E-state index contributed by atoms with van der Waals surface area (Å²) >= 11 is 0. The highest BCUT2D eigenvalue weighted by Crippen LogP contribution is 2.18. The third kappa shape index (κ3) is 4.04. The summed E-state index contributed by atoms with van der Waals surface area (Å²) in [5, 5.41) is 13.9. The van der Waals surface area contributed by atoms with E-state index in [1.807, 2.05) is 0 Å². The van der Waals surface area contributed by atoms with Gasteiger partial charge >= 0.3 is 0 Å². The Labute approximate surface area is 121 Å². The fraction of sp³-hybridized carbons (Fsp3) is 0.333. The molecule has 2 rings (SSSR count). The first kappa shape index (κ1) is 15.0. The Morgan fingerprint density at radius 1 is 1.52 bits per heavy atom. The first-order chi connectivity index (χ1) is 10.1. The van der Waals surface area contributed by atoms with Gasteiger partial charge in [0.05, 0.1) is 17.9 Å². The van der Waals surface area contributed by atoms with E-state index >= 15 is 0 Å². The number of anilines is 1. The molecule has 3 N–H and O–H groups in total. The summed E-state index contributed by atoms with van der Waals surface area (Å²) in [6.45, 7) is -0.0852. The second-order valence-electron chi connectivity index (χ2n) is 4.61. The highest BCUT2D eigenvalue weighted by Gasteiger charge is 2.27. The first-order valence-corrected chi connectivity index (χ1v) is 6.59. The average molecular weight is 290 g/mol. The van der Waals surface area contributed by atoms with E-state index in [1.165, 1.54) is 18.2 Å². The summed E-state index contributed by atoms with van der Waals surface area (Å²) in [6, 6.07) is 3.29. The Morgan fingerprint density at radius 2 is 2.33 bits per heavy atom. The minimum atomic E-state index is -0.569. The molecule has 1 atom stereocenters. The van der Waals surface area contributed by atoms with Crippen molar-refractivity contribution in [2.45, 2.75) is 25.3 Å². The van der Waals surface area contributed by atoms with Crippen LogP contribution in [0.3, 0.4) is 0 Å². The fourth-order valence-corrected chi connectivity index (χ4v) is 1.97. The number of carbonyl (C=O) groups excluding carboxylic acids is 2. The lowest BCUT2D eigenvalue weighted by Gasteiger charge is -2.12. The molecule has 0 radical (unpaired) electrons. The molecule has 1 aromatic carbocycles. The van der Waals surface area contributed by atoms with Crippen LogP contribution in [0.25, 0.3) is 0 Å². The van der Waals surface area contributed by atoms with Gasteiger partial charge in [0, 0.05) is 12.8 Å². The van der Waals surface area contributed by atoms with E-state index in [0.29, 0.717) is 24.1 Å². The minimum absolute atomic E-state index is 0.0852. The molecule has 0 aliphatic carbocycles. The van der Waals surface area contributed by atoms with Gasteiger partial charge in [-0.25, -0.2) is 4.39 Å². The van der Waals surface area contributed by atoms with Crippen LogP contribution in [0, 0.1) is 17.7 Å². The van der Waals surface area contributed by atoms with Gasteiger partial charge in [0.1, 0.15) is 11.9 Å². The average Bonchev–Trinajstić information content (AvgIpc) is 2.88. The molecule has 1 heterocycles. The third-order valence-corrected chi connectivity index (χ3v) is 3.01. The van der Waals surface area contributed by atoms with Gasteiger partial charge in [-0.2, -0.15) is 0 Å². The molecule has 1 fully saturated rings. The molecule has 2 amide bonds. The second kappa shape index (κ2) is 6.86. The fourth-order valence-electron chi connectivity index (χ4n) is 1.97. The summed E-state index contributed by atoms with van der Waals surface area (Å²) in [5.41, 5.74) is 0.717. The van der Waals surface area contributed by atoms with Gasteiger partial charge in [-0.05, 0) is 24.6 Å². The monoisotopic (exact) mass is 290 g/mol. The number of amides is 2. The van der Waals surface area contributed by atoms with E-state index in [2.05, 4.69) is 22.5 Å². The molecule has 0 bridgehead atoms. The number of aliphatic hydroxyl groups is 1. The maximum absolute atomic E-state index is 13.3. The molecular weight excluding hydrogens is 275 g/mol. The van der Waals surface area contributed by atoms with Crippen LogP contribution in [0.2, 0.25) is 0 Å². The van der Waals surface area contributed by atoms with Crippen molar-refractivity contribution in [1.29, 1.82) is 0 Å². The van der Waals surface area contributed by atoms with Crippen LogP contribution < -0.4 is 10.6 Å². The van der Waals surface area contributed by atoms with Gasteiger partial charge in [0.15, 0.2) is 0 Å². The van der Waals surface area contributed by atoms with E-state index in [1.54, 1.807) is 0 Å². The van der Waals surface area contributed by atoms with Crippen LogP contribution in [0.1, 0.15) is 24.8 Å². The lowest BCUT2D eigenvalue weighted by atomic mass is 10.1. The van der Waals surface area contributed by atoms with Crippen LogP contribution in [-0.4, -0.2) is 29.6 Å². The second-order valence-corrected chi connectivity index (χ2v) is 4.61. The first-order valence-electron chi connectivity index (χ1n) is 6.59. The van der Waals surface area contributed by atoms with E-state index in [0.717, 1.165) is 0 Å². The van der Waals surface area contributed by atoms with E-state index in [9.17, 15) is 14.0 Å². The maximum Gasteiger partial charge on any atom is 0.246 e. The molecule has 21 heavy (non-hydrogen) atoms. The number of nitrogens with one attached hydrogen (secondary N) is 2. The van der Waals surface area contributed by atoms with Crippen LogP contribution in [-0.2, 0) is 9.59 Å². The molecule has 1 aromatic rings. The number of rotatable bonds is 3. The number of hydrogen-bond donors (Lipinski definition) is 3. The van der Waals surface area contributed by atoms with Crippen molar-refractivity contribution in [3.63, 3.8) is 0 Å². The molecule has 1 saturated heterocycles. The molecule has 0 saturated carbocycles. The van der Waals surface area contributed by atoms with Crippen molar-refractivity contribution in [2.24, 2.45) is 0 Å². The molecule has 5 nitrogen and oxygen atoms in total. The van der Waals surface area contributed by atoms with E-state index in [4.69, 9.17) is 5.11 Å². The number of halogens is 1. The van der Waals surface area contributed by atoms with Crippen molar-refractivity contribution in [3.8, 4) is 11.8 Å². The van der Waals surface area contributed by atoms with Gasteiger partial charge in [-0.1, -0.05) is 11.8 Å². The standard InChI is InChI=1S/C15H15FN2O3/c16-11-4-5-12(10(9-11)3-1-2-8-19)18-15(21)13-6-7-14(20)17-13/h4-5,9,13,19H,2,6-8H2,(H,17,20)(H,18,21). The molecule has 1 aliphatic rings. The highest BCUT2D eigenvalue weighted by molar-refractivity contribution is 5.99. The van der Waals surface area contributed by atoms with Crippen molar-refractivity contribution in [3.05, 3.63) is 29.6 Å². The topological polar surface area (TPSA) is 78.4 Å². The van der Waals surface area contributed by atoms with Crippen LogP contribution in [0.4, 0.5) is 10.1 Å². The highest BCUT2D eigenvalue weighted by atomic mass is 19.1. The predicted molar refractivity (Wildman–Crippen MR) is 74.8 cm³/mol. The molecular formula is C15H15FN2O3. The summed E-state index contributed by atoms with van der Waals surface area (Å²) in [6.07, 6.45) is 1.03. The zero-order valence-corrected chi connectivity index (χ0v) is 11.3. The normalized spacial score (nSPS) is 16.9. The Hall–Kier alpha value is -2.39. The summed E-state index contributed by atoms with van der Waals surface area (Å²) in [4.78, 5) is 23.1. The number of benzene rings is 1. The quantitative estimate of drug-likeness (QED) is 0.720. The largest absolute Gasteiger partial charge is 0.395 e. The molecule has 1 aliphatic heterocycles. The Kier molecular flexibility index (Phi) is 4.90. The molecule has 0 aromatic heterocycles. The Bertz CT molecular complexity index is 619. The van der Waals surface area contributed by atoms with Crippen molar-refractivity contribution in [1.82, 2.24) is 5.32 Å². The third-order valence-electron chi connectivity index (χ3n) is 3.01. The lowest BCUT2D eigenvalue weighted by molar-refractivity contribution is -0.122. The number of aliphatic hydroxyl groups excluding tert-OH is 1. The Morgan fingerprint density at radius 3 is 3.00 bits per heavy atom. The van der Waals surface area contributed by atoms with Gasteiger partial charge in [0.2, 0.25) is 11.8 Å².